The zero-order valence-corrected chi connectivity index (χ0v) is 16.4. The Bertz CT molecular complexity index is 822. The molecular weight excluding hydrogens is 357 g/mol. The van der Waals surface area contributed by atoms with Crippen molar-refractivity contribution in [3.05, 3.63) is 59.4 Å². The van der Waals surface area contributed by atoms with Crippen molar-refractivity contribution in [3.63, 3.8) is 0 Å². The Morgan fingerprint density at radius 2 is 1.75 bits per heavy atom. The van der Waals surface area contributed by atoms with E-state index in [2.05, 4.69) is 18.7 Å². The molecule has 1 fully saturated rings. The summed E-state index contributed by atoms with van der Waals surface area (Å²) in [6, 6.07) is 12.7. The summed E-state index contributed by atoms with van der Waals surface area (Å²) in [4.78, 5) is 3.39. The predicted octanol–water partition coefficient (Wildman–Crippen LogP) is 3.92. The second-order valence-electron chi connectivity index (χ2n) is 7.44. The van der Waals surface area contributed by atoms with Crippen LogP contribution in [0.25, 0.3) is 4.85 Å². The topological polar surface area (TPSA) is 50.5 Å². The zero-order chi connectivity index (χ0) is 20.0. The number of benzene rings is 2. The highest BCUT2D eigenvalue weighted by molar-refractivity contribution is 6.62. The molecule has 0 unspecified atom stereocenters. The van der Waals surface area contributed by atoms with Crippen LogP contribution in [-0.4, -0.2) is 34.2 Å². The first-order valence-electron chi connectivity index (χ1n) is 9.09. The van der Waals surface area contributed by atoms with E-state index in [9.17, 15) is 0 Å². The van der Waals surface area contributed by atoms with Gasteiger partial charge in [0.05, 0.1) is 13.2 Å². The molecule has 1 heterocycles. The van der Waals surface area contributed by atoms with Gasteiger partial charge in [0.15, 0.2) is 5.69 Å². The number of hydrogen-bond acceptors (Lipinski definition) is 5. The van der Waals surface area contributed by atoms with Gasteiger partial charge in [-0.2, -0.15) is 0 Å². The molecule has 0 saturated carbocycles. The predicted molar refractivity (Wildman–Crippen MR) is 107 cm³/mol. The fourth-order valence-electron chi connectivity index (χ4n) is 2.83. The minimum Gasteiger partial charge on any atom is -0.457 e. The first kappa shape index (κ1) is 20.4. The van der Waals surface area contributed by atoms with Gasteiger partial charge in [-0.15, -0.1) is 0 Å². The molecule has 1 saturated heterocycles. The van der Waals surface area contributed by atoms with E-state index in [0.29, 0.717) is 37.0 Å². The number of rotatable bonds is 7. The Hall–Kier alpha value is -2.37. The molecule has 2 aromatic rings. The van der Waals surface area contributed by atoms with Crippen LogP contribution >= 0.6 is 0 Å². The number of hydrogen-bond donors (Lipinski definition) is 0. The maximum absolute atomic E-state index is 7.03. The van der Waals surface area contributed by atoms with Crippen LogP contribution in [0.1, 0.15) is 19.4 Å². The van der Waals surface area contributed by atoms with Crippen LogP contribution < -0.4 is 10.2 Å². The first-order chi connectivity index (χ1) is 13.5. The van der Waals surface area contributed by atoms with E-state index in [1.54, 1.807) is 31.4 Å². The van der Waals surface area contributed by atoms with Gasteiger partial charge in [0.2, 0.25) is 0 Å². The van der Waals surface area contributed by atoms with Crippen molar-refractivity contribution < 1.29 is 23.5 Å². The SMILES string of the molecule is [C-]#[N+]c1ccc(Oc2ccc(B3OCC(C)(C)CO3)c(COCOC)c2)cc1. The van der Waals surface area contributed by atoms with Gasteiger partial charge in [-0.25, -0.2) is 4.85 Å². The molecule has 0 aromatic heterocycles. The van der Waals surface area contributed by atoms with Crippen LogP contribution in [0, 0.1) is 12.0 Å². The molecule has 3 rings (SSSR count). The van der Waals surface area contributed by atoms with Crippen molar-refractivity contribution in [2.75, 3.05) is 27.1 Å². The summed E-state index contributed by atoms with van der Waals surface area (Å²) in [7, 11) is 1.16. The van der Waals surface area contributed by atoms with Gasteiger partial charge in [-0.1, -0.05) is 32.0 Å². The Morgan fingerprint density at radius 3 is 2.39 bits per heavy atom. The molecule has 146 valence electrons. The van der Waals surface area contributed by atoms with E-state index >= 15 is 0 Å². The molecule has 0 aliphatic carbocycles. The molecule has 6 nitrogen and oxygen atoms in total. The van der Waals surface area contributed by atoms with E-state index in [0.717, 1.165) is 11.0 Å². The Kier molecular flexibility index (Phi) is 6.71. The molecule has 1 aliphatic heterocycles. The maximum atomic E-state index is 7.03. The Balaban J connectivity index is 1.79. The lowest BCUT2D eigenvalue weighted by molar-refractivity contribution is -0.0390. The molecule has 0 bridgehead atoms. The van der Waals surface area contributed by atoms with Gasteiger partial charge in [0.1, 0.15) is 18.3 Å². The van der Waals surface area contributed by atoms with Gasteiger partial charge < -0.3 is 23.5 Å². The van der Waals surface area contributed by atoms with Crippen LogP contribution in [0.2, 0.25) is 0 Å². The van der Waals surface area contributed by atoms with Crippen molar-refractivity contribution in [3.8, 4) is 11.5 Å². The lowest BCUT2D eigenvalue weighted by Crippen LogP contribution is -2.48. The number of nitrogens with zero attached hydrogens (tertiary/aromatic N) is 1. The summed E-state index contributed by atoms with van der Waals surface area (Å²) >= 11 is 0. The summed E-state index contributed by atoms with van der Waals surface area (Å²) in [5, 5.41) is 0. The standard InChI is InChI=1S/C21H24BNO5/c1-21(2)13-26-22(27-14-21)20-10-9-19(11-16(20)12-25-15-24-4)28-18-7-5-17(23-3)6-8-18/h5-11H,12-15H2,1-2,4H3. The zero-order valence-electron chi connectivity index (χ0n) is 16.4. The minimum atomic E-state index is -0.429. The van der Waals surface area contributed by atoms with Gasteiger partial charge in [0.25, 0.3) is 0 Å². The van der Waals surface area contributed by atoms with Crippen molar-refractivity contribution in [2.24, 2.45) is 5.41 Å². The van der Waals surface area contributed by atoms with E-state index in [1.807, 2.05) is 18.2 Å². The van der Waals surface area contributed by atoms with Gasteiger partial charge in [-0.3, -0.25) is 0 Å². The van der Waals surface area contributed by atoms with E-state index < -0.39 is 7.12 Å². The average Bonchev–Trinajstić information content (AvgIpc) is 2.69. The molecule has 0 spiro atoms. The smallest absolute Gasteiger partial charge is 0.457 e. The number of ether oxygens (including phenoxy) is 3. The maximum Gasteiger partial charge on any atom is 0.494 e. The third-order valence-corrected chi connectivity index (χ3v) is 4.28. The largest absolute Gasteiger partial charge is 0.494 e. The molecule has 28 heavy (non-hydrogen) atoms. The molecule has 0 radical (unpaired) electrons. The molecule has 0 atom stereocenters. The van der Waals surface area contributed by atoms with Crippen LogP contribution in [0.5, 0.6) is 11.5 Å². The van der Waals surface area contributed by atoms with Crippen molar-refractivity contribution >= 4 is 18.3 Å². The molecule has 0 N–H and O–H groups in total. The lowest BCUT2D eigenvalue weighted by Gasteiger charge is -2.33. The van der Waals surface area contributed by atoms with Gasteiger partial charge in [0, 0.05) is 25.7 Å². The molecule has 1 aliphatic rings. The van der Waals surface area contributed by atoms with Crippen LogP contribution in [0.3, 0.4) is 0 Å². The minimum absolute atomic E-state index is 0.00373. The molecule has 2 aromatic carbocycles. The average molecular weight is 381 g/mol. The van der Waals surface area contributed by atoms with E-state index in [1.165, 1.54) is 0 Å². The molecular formula is C21H24BNO5. The van der Waals surface area contributed by atoms with Crippen LogP contribution in [0.15, 0.2) is 42.5 Å². The van der Waals surface area contributed by atoms with Gasteiger partial charge >= 0.3 is 7.12 Å². The van der Waals surface area contributed by atoms with Crippen molar-refractivity contribution in [2.45, 2.75) is 20.5 Å². The third kappa shape index (κ3) is 5.34. The van der Waals surface area contributed by atoms with Crippen molar-refractivity contribution in [1.29, 1.82) is 0 Å². The fourth-order valence-corrected chi connectivity index (χ4v) is 2.83. The monoisotopic (exact) mass is 381 g/mol. The highest BCUT2D eigenvalue weighted by atomic mass is 16.7. The summed E-state index contributed by atoms with van der Waals surface area (Å²) in [5.41, 5.74) is 2.41. The Labute approximate surface area is 166 Å². The second-order valence-corrected chi connectivity index (χ2v) is 7.44. The second kappa shape index (κ2) is 9.22. The summed E-state index contributed by atoms with van der Waals surface area (Å²) < 4.78 is 28.3. The van der Waals surface area contributed by atoms with E-state index in [-0.39, 0.29) is 12.2 Å². The van der Waals surface area contributed by atoms with Gasteiger partial charge in [-0.05, 0) is 35.3 Å². The van der Waals surface area contributed by atoms with Crippen molar-refractivity contribution in [1.82, 2.24) is 0 Å². The highest BCUT2D eigenvalue weighted by Crippen LogP contribution is 2.26. The summed E-state index contributed by atoms with van der Waals surface area (Å²) in [6.45, 7) is 13.1. The van der Waals surface area contributed by atoms with E-state index in [4.69, 9.17) is 30.1 Å². The molecule has 0 amide bonds. The lowest BCUT2D eigenvalue weighted by atomic mass is 9.73. The first-order valence-corrected chi connectivity index (χ1v) is 9.09. The number of methoxy groups -OCH3 is 1. The third-order valence-electron chi connectivity index (χ3n) is 4.28. The van der Waals surface area contributed by atoms with Crippen LogP contribution in [0.4, 0.5) is 5.69 Å². The van der Waals surface area contributed by atoms with Crippen LogP contribution in [-0.2, 0) is 25.4 Å². The summed E-state index contributed by atoms with van der Waals surface area (Å²) in [5.74, 6) is 1.34. The fraction of sp³-hybridized carbons (Fsp3) is 0.381. The quantitative estimate of drug-likeness (QED) is 0.315. The summed E-state index contributed by atoms with van der Waals surface area (Å²) in [6.07, 6.45) is 0. The highest BCUT2D eigenvalue weighted by Gasteiger charge is 2.34. The normalized spacial score (nSPS) is 15.9. The Morgan fingerprint density at radius 1 is 1.07 bits per heavy atom. The molecule has 7 heteroatoms.